The number of hydrogen-bond donors (Lipinski definition) is 2. The number of rotatable bonds is 8. The van der Waals surface area contributed by atoms with Gasteiger partial charge in [0.25, 0.3) is 0 Å². The van der Waals surface area contributed by atoms with Gasteiger partial charge in [-0.1, -0.05) is 38.2 Å². The van der Waals surface area contributed by atoms with Crippen LogP contribution in [-0.2, 0) is 11.3 Å². The van der Waals surface area contributed by atoms with Gasteiger partial charge in [-0.15, -0.1) is 0 Å². The molecule has 28 heavy (non-hydrogen) atoms. The summed E-state index contributed by atoms with van der Waals surface area (Å²) in [6.07, 6.45) is 11.6. The highest BCUT2D eigenvalue weighted by molar-refractivity contribution is 5.79. The van der Waals surface area contributed by atoms with Crippen molar-refractivity contribution in [2.45, 2.75) is 58.4 Å². The van der Waals surface area contributed by atoms with E-state index < -0.39 is 0 Å². The van der Waals surface area contributed by atoms with Crippen LogP contribution in [0.1, 0.15) is 57.4 Å². The van der Waals surface area contributed by atoms with Crippen LogP contribution in [0.15, 0.2) is 23.3 Å². The SMILES string of the molecule is CCNC(=NCc1cccnc1N1CCOCC1)NCCCC1CCCCC1. The average molecular weight is 388 g/mol. The first-order chi connectivity index (χ1) is 13.9. The molecule has 0 bridgehead atoms. The molecule has 0 unspecified atom stereocenters. The Kier molecular flexibility index (Phi) is 8.88. The number of nitrogens with zero attached hydrogens (tertiary/aromatic N) is 3. The van der Waals surface area contributed by atoms with E-state index in [4.69, 9.17) is 9.73 Å². The van der Waals surface area contributed by atoms with Gasteiger partial charge in [-0.25, -0.2) is 9.98 Å². The first-order valence-electron chi connectivity index (χ1n) is 11.2. The van der Waals surface area contributed by atoms with Gasteiger partial charge in [-0.05, 0) is 31.7 Å². The predicted octanol–water partition coefficient (Wildman–Crippen LogP) is 3.33. The maximum absolute atomic E-state index is 5.47. The molecule has 0 aromatic carbocycles. The molecule has 1 saturated heterocycles. The van der Waals surface area contributed by atoms with Crippen molar-refractivity contribution in [3.63, 3.8) is 0 Å². The first kappa shape index (κ1) is 20.9. The van der Waals surface area contributed by atoms with Crippen molar-refractivity contribution >= 4 is 11.8 Å². The Labute approximate surface area is 170 Å². The number of aromatic nitrogens is 1. The van der Waals surface area contributed by atoms with Gasteiger partial charge in [-0.2, -0.15) is 0 Å². The summed E-state index contributed by atoms with van der Waals surface area (Å²) in [5, 5.41) is 6.89. The minimum Gasteiger partial charge on any atom is -0.378 e. The van der Waals surface area contributed by atoms with E-state index in [-0.39, 0.29) is 0 Å². The van der Waals surface area contributed by atoms with Crippen molar-refractivity contribution in [3.8, 4) is 0 Å². The van der Waals surface area contributed by atoms with Crippen LogP contribution in [0.3, 0.4) is 0 Å². The number of anilines is 1. The lowest BCUT2D eigenvalue weighted by Crippen LogP contribution is -2.38. The van der Waals surface area contributed by atoms with Crippen LogP contribution in [0.5, 0.6) is 0 Å². The molecule has 6 heteroatoms. The lowest BCUT2D eigenvalue weighted by molar-refractivity contribution is 0.122. The van der Waals surface area contributed by atoms with Crippen LogP contribution < -0.4 is 15.5 Å². The molecule has 1 aromatic rings. The third kappa shape index (κ3) is 6.66. The maximum Gasteiger partial charge on any atom is 0.191 e. The van der Waals surface area contributed by atoms with Crippen molar-refractivity contribution in [3.05, 3.63) is 23.9 Å². The van der Waals surface area contributed by atoms with Crippen molar-refractivity contribution in [1.82, 2.24) is 15.6 Å². The standard InChI is InChI=1S/C22H37N5O/c1-2-23-22(25-13-6-10-19-8-4-3-5-9-19)26-18-20-11-7-12-24-21(20)27-14-16-28-17-15-27/h7,11-12,19H,2-6,8-10,13-18H2,1H3,(H2,23,25,26). The normalized spacial score (nSPS) is 18.9. The van der Waals surface area contributed by atoms with E-state index in [9.17, 15) is 0 Å². The van der Waals surface area contributed by atoms with Crippen LogP contribution in [0.4, 0.5) is 5.82 Å². The Morgan fingerprint density at radius 1 is 1.21 bits per heavy atom. The van der Waals surface area contributed by atoms with Crippen LogP contribution >= 0.6 is 0 Å². The number of ether oxygens (including phenoxy) is 1. The highest BCUT2D eigenvalue weighted by Gasteiger charge is 2.16. The van der Waals surface area contributed by atoms with Gasteiger partial charge in [0.05, 0.1) is 19.8 Å². The zero-order chi connectivity index (χ0) is 19.4. The van der Waals surface area contributed by atoms with E-state index >= 15 is 0 Å². The monoisotopic (exact) mass is 387 g/mol. The summed E-state index contributed by atoms with van der Waals surface area (Å²) >= 11 is 0. The molecule has 6 nitrogen and oxygen atoms in total. The Morgan fingerprint density at radius 2 is 2.04 bits per heavy atom. The van der Waals surface area contributed by atoms with Crippen molar-refractivity contribution in [2.75, 3.05) is 44.3 Å². The van der Waals surface area contributed by atoms with Gasteiger partial charge in [0.1, 0.15) is 5.82 Å². The van der Waals surface area contributed by atoms with E-state index in [0.717, 1.165) is 57.1 Å². The lowest BCUT2D eigenvalue weighted by atomic mass is 9.86. The van der Waals surface area contributed by atoms with Crippen LogP contribution in [0.25, 0.3) is 0 Å². The number of guanidine groups is 1. The summed E-state index contributed by atoms with van der Waals surface area (Å²) in [7, 11) is 0. The molecule has 2 N–H and O–H groups in total. The van der Waals surface area contributed by atoms with E-state index in [1.54, 1.807) is 0 Å². The largest absolute Gasteiger partial charge is 0.378 e. The Bertz CT molecular complexity index is 594. The minimum absolute atomic E-state index is 0.637. The molecule has 0 atom stereocenters. The summed E-state index contributed by atoms with van der Waals surface area (Å²) in [4.78, 5) is 11.7. The molecule has 2 heterocycles. The van der Waals surface area contributed by atoms with Crippen molar-refractivity contribution in [1.29, 1.82) is 0 Å². The Hall–Kier alpha value is -1.82. The zero-order valence-electron chi connectivity index (χ0n) is 17.5. The number of morpholine rings is 1. The van der Waals surface area contributed by atoms with Gasteiger partial charge in [0.15, 0.2) is 5.96 Å². The molecule has 2 aliphatic rings. The molecule has 1 aliphatic heterocycles. The van der Waals surface area contributed by atoms with E-state index in [1.807, 2.05) is 12.3 Å². The Balaban J connectivity index is 1.50. The number of hydrogen-bond acceptors (Lipinski definition) is 4. The molecule has 0 radical (unpaired) electrons. The quantitative estimate of drug-likeness (QED) is 0.407. The molecule has 1 saturated carbocycles. The molecule has 0 amide bonds. The van der Waals surface area contributed by atoms with E-state index in [0.29, 0.717) is 6.54 Å². The Morgan fingerprint density at radius 3 is 2.82 bits per heavy atom. The van der Waals surface area contributed by atoms with Crippen LogP contribution in [0.2, 0.25) is 0 Å². The summed E-state index contributed by atoms with van der Waals surface area (Å²) in [6, 6.07) is 4.13. The molecule has 3 rings (SSSR count). The lowest BCUT2D eigenvalue weighted by Gasteiger charge is -2.29. The van der Waals surface area contributed by atoms with Gasteiger partial charge in [0.2, 0.25) is 0 Å². The fraction of sp³-hybridized carbons (Fsp3) is 0.727. The summed E-state index contributed by atoms with van der Waals surface area (Å²) in [6.45, 7) is 7.94. The second-order valence-electron chi connectivity index (χ2n) is 7.85. The molecule has 2 fully saturated rings. The highest BCUT2D eigenvalue weighted by atomic mass is 16.5. The van der Waals surface area contributed by atoms with Crippen LogP contribution in [0, 0.1) is 5.92 Å². The van der Waals surface area contributed by atoms with Crippen LogP contribution in [-0.4, -0.2) is 50.3 Å². The second-order valence-corrected chi connectivity index (χ2v) is 7.85. The third-order valence-corrected chi connectivity index (χ3v) is 5.74. The third-order valence-electron chi connectivity index (χ3n) is 5.74. The number of pyridine rings is 1. The summed E-state index contributed by atoms with van der Waals surface area (Å²) in [5.41, 5.74) is 1.17. The smallest absolute Gasteiger partial charge is 0.191 e. The molecule has 156 valence electrons. The fourth-order valence-corrected chi connectivity index (χ4v) is 4.19. The van der Waals surface area contributed by atoms with Gasteiger partial charge < -0.3 is 20.3 Å². The summed E-state index contributed by atoms with van der Waals surface area (Å²) in [5.74, 6) is 2.90. The predicted molar refractivity (Wildman–Crippen MR) is 116 cm³/mol. The van der Waals surface area contributed by atoms with Crippen molar-refractivity contribution in [2.24, 2.45) is 10.9 Å². The molecule has 1 aliphatic carbocycles. The maximum atomic E-state index is 5.47. The van der Waals surface area contributed by atoms with Gasteiger partial charge in [0, 0.05) is 37.9 Å². The van der Waals surface area contributed by atoms with E-state index in [2.05, 4.69) is 33.5 Å². The minimum atomic E-state index is 0.637. The zero-order valence-corrected chi connectivity index (χ0v) is 17.5. The number of aliphatic imine (C=N–C) groups is 1. The highest BCUT2D eigenvalue weighted by Crippen LogP contribution is 2.27. The van der Waals surface area contributed by atoms with E-state index in [1.165, 1.54) is 50.5 Å². The average Bonchev–Trinajstić information content (AvgIpc) is 2.76. The molecular formula is C22H37N5O. The van der Waals surface area contributed by atoms with Gasteiger partial charge in [-0.3, -0.25) is 0 Å². The summed E-state index contributed by atoms with van der Waals surface area (Å²) < 4.78 is 5.47. The molecular weight excluding hydrogens is 350 g/mol. The topological polar surface area (TPSA) is 61.8 Å². The number of nitrogens with one attached hydrogen (secondary N) is 2. The van der Waals surface area contributed by atoms with Gasteiger partial charge >= 0.3 is 0 Å². The fourth-order valence-electron chi connectivity index (χ4n) is 4.19. The van der Waals surface area contributed by atoms with Crippen molar-refractivity contribution < 1.29 is 4.74 Å². The second kappa shape index (κ2) is 11.9. The molecule has 0 spiro atoms. The first-order valence-corrected chi connectivity index (χ1v) is 11.2. The molecule has 1 aromatic heterocycles.